The van der Waals surface area contributed by atoms with Gasteiger partial charge in [-0.2, -0.15) is 0 Å². The molecule has 0 fully saturated rings. The topological polar surface area (TPSA) is 102 Å². The second-order valence-corrected chi connectivity index (χ2v) is 6.65. The van der Waals surface area contributed by atoms with Crippen molar-refractivity contribution in [2.24, 2.45) is 0 Å². The highest BCUT2D eigenvalue weighted by atomic mass is 35.5. The van der Waals surface area contributed by atoms with Crippen LogP contribution in [0.2, 0.25) is 5.02 Å². The van der Waals surface area contributed by atoms with Crippen molar-refractivity contribution < 1.29 is 23.9 Å². The molecule has 29 heavy (non-hydrogen) atoms. The maximum atomic E-state index is 12.2. The van der Waals surface area contributed by atoms with Gasteiger partial charge in [0.1, 0.15) is 6.04 Å². The zero-order valence-electron chi connectivity index (χ0n) is 16.0. The zero-order chi connectivity index (χ0) is 21.4. The van der Waals surface area contributed by atoms with Gasteiger partial charge in [-0.05, 0) is 55.5 Å². The fourth-order valence-electron chi connectivity index (χ4n) is 2.27. The van der Waals surface area contributed by atoms with Gasteiger partial charge in [0, 0.05) is 28.3 Å². The minimum Gasteiger partial charge on any atom is -0.456 e. The van der Waals surface area contributed by atoms with Crippen molar-refractivity contribution in [1.29, 1.82) is 0 Å². The van der Waals surface area contributed by atoms with Crippen LogP contribution in [0.5, 0.6) is 0 Å². The van der Waals surface area contributed by atoms with Gasteiger partial charge < -0.3 is 15.4 Å². The standard InChI is InChI=1S/C21H21ClN2O5/c1-3-19(26)24-17-10-6-14(7-11-17)18(25)12-29-21(28)13(2)23-20(27)15-4-8-16(22)9-5-15/h4-11,13H,3,12H2,1-2H3,(H,23,27)(H,24,26)/t13-/m0/s1. The molecule has 8 heteroatoms. The molecular formula is C21H21ClN2O5. The van der Waals surface area contributed by atoms with Crippen molar-refractivity contribution in [1.82, 2.24) is 5.32 Å². The third-order valence-electron chi connectivity index (χ3n) is 3.96. The van der Waals surface area contributed by atoms with E-state index in [-0.39, 0.29) is 5.91 Å². The lowest BCUT2D eigenvalue weighted by Crippen LogP contribution is -2.40. The number of hydrogen-bond acceptors (Lipinski definition) is 5. The Morgan fingerprint density at radius 2 is 1.55 bits per heavy atom. The maximum absolute atomic E-state index is 12.2. The second kappa shape index (κ2) is 10.4. The average molecular weight is 417 g/mol. The number of anilines is 1. The number of esters is 1. The van der Waals surface area contributed by atoms with E-state index in [4.69, 9.17) is 16.3 Å². The number of carbonyl (C=O) groups is 4. The molecule has 7 nitrogen and oxygen atoms in total. The molecule has 0 radical (unpaired) electrons. The van der Waals surface area contributed by atoms with Gasteiger partial charge in [-0.1, -0.05) is 18.5 Å². The number of ether oxygens (including phenoxy) is 1. The van der Waals surface area contributed by atoms with Crippen LogP contribution in [-0.2, 0) is 14.3 Å². The molecule has 0 saturated carbocycles. The van der Waals surface area contributed by atoms with Crippen molar-refractivity contribution in [2.45, 2.75) is 26.3 Å². The number of Topliss-reactive ketones (excluding diaryl/α,β-unsaturated/α-hetero) is 1. The lowest BCUT2D eigenvalue weighted by Gasteiger charge is -2.13. The number of rotatable bonds is 8. The van der Waals surface area contributed by atoms with E-state index < -0.39 is 30.3 Å². The van der Waals surface area contributed by atoms with Gasteiger partial charge in [0.2, 0.25) is 5.91 Å². The van der Waals surface area contributed by atoms with Gasteiger partial charge >= 0.3 is 5.97 Å². The lowest BCUT2D eigenvalue weighted by atomic mass is 10.1. The molecule has 2 aromatic carbocycles. The Morgan fingerprint density at radius 3 is 2.14 bits per heavy atom. The van der Waals surface area contributed by atoms with Crippen LogP contribution in [0.25, 0.3) is 0 Å². The number of nitrogens with one attached hydrogen (secondary N) is 2. The highest BCUT2D eigenvalue weighted by Gasteiger charge is 2.19. The number of amides is 2. The molecule has 2 rings (SSSR count). The summed E-state index contributed by atoms with van der Waals surface area (Å²) in [6, 6.07) is 11.5. The minimum atomic E-state index is -0.933. The number of hydrogen-bond donors (Lipinski definition) is 2. The van der Waals surface area contributed by atoms with Gasteiger partial charge in [-0.3, -0.25) is 14.4 Å². The van der Waals surface area contributed by atoms with Crippen LogP contribution in [0.15, 0.2) is 48.5 Å². The van der Waals surface area contributed by atoms with Crippen LogP contribution in [0.1, 0.15) is 41.0 Å². The molecule has 0 bridgehead atoms. The van der Waals surface area contributed by atoms with E-state index in [1.54, 1.807) is 31.2 Å². The molecule has 2 N–H and O–H groups in total. The number of halogens is 1. The first-order chi connectivity index (χ1) is 13.8. The molecule has 152 valence electrons. The summed E-state index contributed by atoms with van der Waals surface area (Å²) in [5.41, 5.74) is 1.26. The maximum Gasteiger partial charge on any atom is 0.328 e. The highest BCUT2D eigenvalue weighted by Crippen LogP contribution is 2.11. The SMILES string of the molecule is CCC(=O)Nc1ccc(C(=O)COC(=O)[C@H](C)NC(=O)c2ccc(Cl)cc2)cc1. The Kier molecular flexibility index (Phi) is 7.91. The van der Waals surface area contributed by atoms with Crippen molar-refractivity contribution >= 4 is 40.9 Å². The largest absolute Gasteiger partial charge is 0.456 e. The van der Waals surface area contributed by atoms with Crippen molar-refractivity contribution in [2.75, 3.05) is 11.9 Å². The molecule has 0 aliphatic rings. The first-order valence-electron chi connectivity index (χ1n) is 8.96. The molecule has 2 aromatic rings. The summed E-state index contributed by atoms with van der Waals surface area (Å²) in [4.78, 5) is 47.7. The number of carbonyl (C=O) groups excluding carboxylic acids is 4. The number of benzene rings is 2. The summed E-state index contributed by atoms with van der Waals surface area (Å²) in [5, 5.41) is 5.67. The highest BCUT2D eigenvalue weighted by molar-refractivity contribution is 6.30. The summed E-state index contributed by atoms with van der Waals surface area (Å²) < 4.78 is 4.99. The Labute approximate surface area is 173 Å². The Hall–Kier alpha value is -3.19. The average Bonchev–Trinajstić information content (AvgIpc) is 2.72. The van der Waals surface area contributed by atoms with Crippen LogP contribution in [0.4, 0.5) is 5.69 Å². The van der Waals surface area contributed by atoms with Gasteiger partial charge in [0.05, 0.1) is 0 Å². The molecule has 2 amide bonds. The van der Waals surface area contributed by atoms with Crippen molar-refractivity contribution in [3.63, 3.8) is 0 Å². The Balaban J connectivity index is 1.84. The van der Waals surface area contributed by atoms with E-state index in [9.17, 15) is 19.2 Å². The molecular weight excluding hydrogens is 396 g/mol. The molecule has 0 spiro atoms. The van der Waals surface area contributed by atoms with Gasteiger partial charge in [-0.25, -0.2) is 4.79 Å². The van der Waals surface area contributed by atoms with Crippen LogP contribution >= 0.6 is 11.6 Å². The fourth-order valence-corrected chi connectivity index (χ4v) is 2.40. The van der Waals surface area contributed by atoms with Crippen molar-refractivity contribution in [3.8, 4) is 0 Å². The lowest BCUT2D eigenvalue weighted by molar-refractivity contribution is -0.144. The molecule has 0 heterocycles. The quantitative estimate of drug-likeness (QED) is 0.508. The predicted molar refractivity (Wildman–Crippen MR) is 109 cm³/mol. The van der Waals surface area contributed by atoms with Gasteiger partial charge in [0.15, 0.2) is 12.4 Å². The normalized spacial score (nSPS) is 11.3. The van der Waals surface area contributed by atoms with Crippen molar-refractivity contribution in [3.05, 3.63) is 64.7 Å². The molecule has 0 aliphatic carbocycles. The monoisotopic (exact) mass is 416 g/mol. The third kappa shape index (κ3) is 6.73. The molecule has 0 aromatic heterocycles. The van der Waals surface area contributed by atoms with Crippen LogP contribution in [0, 0.1) is 0 Å². The van der Waals surface area contributed by atoms with E-state index >= 15 is 0 Å². The van der Waals surface area contributed by atoms with Gasteiger partial charge in [-0.15, -0.1) is 0 Å². The molecule has 0 aliphatic heterocycles. The minimum absolute atomic E-state index is 0.132. The fraction of sp³-hybridized carbons (Fsp3) is 0.238. The first kappa shape index (κ1) is 22.1. The molecule has 0 saturated heterocycles. The van der Waals surface area contributed by atoms with E-state index in [0.717, 1.165) is 0 Å². The van der Waals surface area contributed by atoms with E-state index in [1.165, 1.54) is 31.2 Å². The van der Waals surface area contributed by atoms with Gasteiger partial charge in [0.25, 0.3) is 5.91 Å². The summed E-state index contributed by atoms with van der Waals surface area (Å²) in [6.45, 7) is 2.74. The molecule has 0 unspecified atom stereocenters. The summed E-state index contributed by atoms with van der Waals surface area (Å²) in [5.74, 6) is -1.72. The molecule has 1 atom stereocenters. The smallest absolute Gasteiger partial charge is 0.328 e. The Morgan fingerprint density at radius 1 is 0.966 bits per heavy atom. The van der Waals surface area contributed by atoms with Crippen LogP contribution in [-0.4, -0.2) is 36.2 Å². The second-order valence-electron chi connectivity index (χ2n) is 6.21. The third-order valence-corrected chi connectivity index (χ3v) is 4.22. The van der Waals surface area contributed by atoms with E-state index in [1.807, 2.05) is 0 Å². The van der Waals surface area contributed by atoms with Crippen LogP contribution < -0.4 is 10.6 Å². The number of ketones is 1. The summed E-state index contributed by atoms with van der Waals surface area (Å²) in [7, 11) is 0. The summed E-state index contributed by atoms with van der Waals surface area (Å²) in [6.07, 6.45) is 0.351. The zero-order valence-corrected chi connectivity index (χ0v) is 16.8. The van der Waals surface area contributed by atoms with E-state index in [2.05, 4.69) is 10.6 Å². The predicted octanol–water partition coefficient (Wildman–Crippen LogP) is 3.23. The first-order valence-corrected chi connectivity index (χ1v) is 9.34. The summed E-state index contributed by atoms with van der Waals surface area (Å²) >= 11 is 5.78. The Bertz CT molecular complexity index is 894. The van der Waals surface area contributed by atoms with E-state index in [0.29, 0.717) is 28.3 Å². The van der Waals surface area contributed by atoms with Crippen LogP contribution in [0.3, 0.4) is 0 Å².